The summed E-state index contributed by atoms with van der Waals surface area (Å²) in [5, 5.41) is 0. The first kappa shape index (κ1) is 12.6. The van der Waals surface area contributed by atoms with Crippen molar-refractivity contribution in [1.29, 1.82) is 0 Å². The van der Waals surface area contributed by atoms with Crippen molar-refractivity contribution in [1.82, 2.24) is 0 Å². The Balaban J connectivity index is 2.21. The molecule has 0 bridgehead atoms. The lowest BCUT2D eigenvalue weighted by molar-refractivity contribution is 0.479. The van der Waals surface area contributed by atoms with Crippen molar-refractivity contribution in [2.45, 2.75) is 13.8 Å². The van der Waals surface area contributed by atoms with Gasteiger partial charge in [-0.25, -0.2) is 0 Å². The molecular weight excluding hydrogens is 242 g/mol. The second-order valence-corrected chi connectivity index (χ2v) is 4.70. The molecular formula is C15H15NOS. The van der Waals surface area contributed by atoms with Crippen LogP contribution in [0.5, 0.6) is 11.5 Å². The lowest BCUT2D eigenvalue weighted by Gasteiger charge is -2.09. The molecule has 2 rings (SSSR count). The van der Waals surface area contributed by atoms with E-state index in [1.54, 1.807) is 0 Å². The number of rotatable bonds is 3. The van der Waals surface area contributed by atoms with E-state index in [0.29, 0.717) is 4.99 Å². The maximum atomic E-state index is 5.81. The molecule has 0 aliphatic rings. The Morgan fingerprint density at radius 3 is 2.28 bits per heavy atom. The van der Waals surface area contributed by atoms with Gasteiger partial charge in [0.25, 0.3) is 0 Å². The SMILES string of the molecule is Cc1ccc(Oc2ccc(C(N)=S)cc2)c(C)c1. The van der Waals surface area contributed by atoms with Gasteiger partial charge in [-0.2, -0.15) is 0 Å². The topological polar surface area (TPSA) is 35.2 Å². The van der Waals surface area contributed by atoms with Gasteiger partial charge in [0, 0.05) is 5.56 Å². The van der Waals surface area contributed by atoms with Gasteiger partial charge in [-0.15, -0.1) is 0 Å². The predicted molar refractivity (Wildman–Crippen MR) is 78.3 cm³/mol. The minimum absolute atomic E-state index is 0.396. The monoisotopic (exact) mass is 257 g/mol. The zero-order valence-electron chi connectivity index (χ0n) is 10.4. The highest BCUT2D eigenvalue weighted by molar-refractivity contribution is 7.80. The van der Waals surface area contributed by atoms with Crippen LogP contribution in [0.25, 0.3) is 0 Å². The summed E-state index contributed by atoms with van der Waals surface area (Å²) >= 11 is 4.91. The molecule has 0 saturated heterocycles. The molecule has 2 nitrogen and oxygen atoms in total. The van der Waals surface area contributed by atoms with Crippen LogP contribution in [0.3, 0.4) is 0 Å². The first-order valence-corrected chi connectivity index (χ1v) is 6.12. The van der Waals surface area contributed by atoms with E-state index >= 15 is 0 Å². The van der Waals surface area contributed by atoms with Crippen LogP contribution in [-0.4, -0.2) is 4.99 Å². The van der Waals surface area contributed by atoms with Gasteiger partial charge in [-0.1, -0.05) is 29.9 Å². The number of hydrogen-bond acceptors (Lipinski definition) is 2. The average molecular weight is 257 g/mol. The van der Waals surface area contributed by atoms with E-state index in [9.17, 15) is 0 Å². The van der Waals surface area contributed by atoms with E-state index in [2.05, 4.69) is 13.0 Å². The van der Waals surface area contributed by atoms with Gasteiger partial charge in [0.2, 0.25) is 0 Å². The summed E-state index contributed by atoms with van der Waals surface area (Å²) in [4.78, 5) is 0.396. The summed E-state index contributed by atoms with van der Waals surface area (Å²) in [5.74, 6) is 1.64. The first-order chi connectivity index (χ1) is 8.56. The lowest BCUT2D eigenvalue weighted by atomic mass is 10.1. The van der Waals surface area contributed by atoms with Crippen molar-refractivity contribution in [2.24, 2.45) is 5.73 Å². The standard InChI is InChI=1S/C15H15NOS/c1-10-3-8-14(11(2)9-10)17-13-6-4-12(5-7-13)15(16)18/h3-9H,1-2H3,(H2,16,18). The number of benzene rings is 2. The predicted octanol–water partition coefficient (Wildman–Crippen LogP) is 3.73. The van der Waals surface area contributed by atoms with Gasteiger partial charge in [-0.05, 0) is 49.7 Å². The molecule has 2 N–H and O–H groups in total. The van der Waals surface area contributed by atoms with E-state index in [4.69, 9.17) is 22.7 Å². The second-order valence-electron chi connectivity index (χ2n) is 4.26. The summed E-state index contributed by atoms with van der Waals surface area (Å²) in [6.07, 6.45) is 0. The van der Waals surface area contributed by atoms with Gasteiger partial charge >= 0.3 is 0 Å². The van der Waals surface area contributed by atoms with Crippen LogP contribution in [0.4, 0.5) is 0 Å². The van der Waals surface area contributed by atoms with Gasteiger partial charge in [-0.3, -0.25) is 0 Å². The van der Waals surface area contributed by atoms with E-state index in [0.717, 1.165) is 22.6 Å². The summed E-state index contributed by atoms with van der Waals surface area (Å²) in [7, 11) is 0. The molecule has 18 heavy (non-hydrogen) atoms. The van der Waals surface area contributed by atoms with Gasteiger partial charge in [0.05, 0.1) is 0 Å². The molecule has 0 aliphatic carbocycles. The van der Waals surface area contributed by atoms with Gasteiger partial charge < -0.3 is 10.5 Å². The number of hydrogen-bond donors (Lipinski definition) is 1. The fourth-order valence-electron chi connectivity index (χ4n) is 1.73. The number of nitrogens with two attached hydrogens (primary N) is 1. The van der Waals surface area contributed by atoms with E-state index < -0.39 is 0 Å². The highest BCUT2D eigenvalue weighted by Gasteiger charge is 2.02. The normalized spacial score (nSPS) is 10.1. The Morgan fingerprint density at radius 2 is 1.72 bits per heavy atom. The summed E-state index contributed by atoms with van der Waals surface area (Å²) < 4.78 is 5.81. The third-order valence-electron chi connectivity index (χ3n) is 2.70. The van der Waals surface area contributed by atoms with Crippen molar-refractivity contribution in [2.75, 3.05) is 0 Å². The number of thiocarbonyl (C=S) groups is 1. The quantitative estimate of drug-likeness (QED) is 0.851. The van der Waals surface area contributed by atoms with E-state index in [-0.39, 0.29) is 0 Å². The minimum atomic E-state index is 0.396. The van der Waals surface area contributed by atoms with Crippen LogP contribution in [0, 0.1) is 13.8 Å². The Bertz CT molecular complexity index is 576. The van der Waals surface area contributed by atoms with Crippen LogP contribution in [-0.2, 0) is 0 Å². The van der Waals surface area contributed by atoms with Crippen LogP contribution in [0.1, 0.15) is 16.7 Å². The molecule has 0 unspecified atom stereocenters. The van der Waals surface area contributed by atoms with Crippen molar-refractivity contribution in [3.63, 3.8) is 0 Å². The Morgan fingerprint density at radius 1 is 1.06 bits per heavy atom. The summed E-state index contributed by atoms with van der Waals surface area (Å²) in [6, 6.07) is 13.6. The third kappa shape index (κ3) is 2.87. The fraction of sp³-hybridized carbons (Fsp3) is 0.133. The van der Waals surface area contributed by atoms with Crippen molar-refractivity contribution in [3.8, 4) is 11.5 Å². The maximum absolute atomic E-state index is 5.81. The van der Waals surface area contributed by atoms with Crippen LogP contribution in [0.2, 0.25) is 0 Å². The smallest absolute Gasteiger partial charge is 0.130 e. The van der Waals surface area contributed by atoms with E-state index in [1.807, 2.05) is 43.3 Å². The Labute approximate surface area is 112 Å². The molecule has 0 saturated carbocycles. The fourth-order valence-corrected chi connectivity index (χ4v) is 1.86. The average Bonchev–Trinajstić information content (AvgIpc) is 2.33. The van der Waals surface area contributed by atoms with Crippen molar-refractivity contribution < 1.29 is 4.74 Å². The van der Waals surface area contributed by atoms with Crippen molar-refractivity contribution in [3.05, 3.63) is 59.2 Å². The maximum Gasteiger partial charge on any atom is 0.130 e. The lowest BCUT2D eigenvalue weighted by Crippen LogP contribution is -2.08. The van der Waals surface area contributed by atoms with Gasteiger partial charge in [0.1, 0.15) is 16.5 Å². The number of ether oxygens (including phenoxy) is 1. The molecule has 2 aromatic rings. The first-order valence-electron chi connectivity index (χ1n) is 5.71. The molecule has 3 heteroatoms. The zero-order valence-corrected chi connectivity index (χ0v) is 11.3. The Kier molecular flexibility index (Phi) is 3.63. The largest absolute Gasteiger partial charge is 0.457 e. The van der Waals surface area contributed by atoms with Crippen LogP contribution < -0.4 is 10.5 Å². The van der Waals surface area contributed by atoms with Gasteiger partial charge in [0.15, 0.2) is 0 Å². The highest BCUT2D eigenvalue weighted by atomic mass is 32.1. The molecule has 92 valence electrons. The minimum Gasteiger partial charge on any atom is -0.457 e. The van der Waals surface area contributed by atoms with Crippen LogP contribution >= 0.6 is 12.2 Å². The zero-order chi connectivity index (χ0) is 13.1. The summed E-state index contributed by atoms with van der Waals surface area (Å²) in [6.45, 7) is 4.10. The third-order valence-corrected chi connectivity index (χ3v) is 2.93. The van der Waals surface area contributed by atoms with Crippen LogP contribution in [0.15, 0.2) is 42.5 Å². The van der Waals surface area contributed by atoms with Crippen molar-refractivity contribution >= 4 is 17.2 Å². The molecule has 0 spiro atoms. The summed E-state index contributed by atoms with van der Waals surface area (Å²) in [5.41, 5.74) is 8.74. The molecule has 0 atom stereocenters. The second kappa shape index (κ2) is 5.19. The molecule has 0 fully saturated rings. The molecule has 2 aromatic carbocycles. The molecule has 0 aromatic heterocycles. The molecule has 0 aliphatic heterocycles. The highest BCUT2D eigenvalue weighted by Crippen LogP contribution is 2.25. The molecule has 0 heterocycles. The number of aryl methyl sites for hydroxylation is 2. The Hall–Kier alpha value is -1.87. The molecule has 0 radical (unpaired) electrons. The van der Waals surface area contributed by atoms with E-state index in [1.165, 1.54) is 5.56 Å². The molecule has 0 amide bonds.